The summed E-state index contributed by atoms with van der Waals surface area (Å²) < 4.78 is 0. The van der Waals surface area contributed by atoms with Crippen molar-refractivity contribution in [1.29, 1.82) is 0 Å². The molecule has 0 fully saturated rings. The van der Waals surface area contributed by atoms with E-state index < -0.39 is 10.8 Å². The summed E-state index contributed by atoms with van der Waals surface area (Å²) in [4.78, 5) is 22.0. The third kappa shape index (κ3) is 4.69. The number of hydrogen-bond donors (Lipinski definition) is 1. The summed E-state index contributed by atoms with van der Waals surface area (Å²) in [6.07, 6.45) is 2.82. The first-order chi connectivity index (χ1) is 10.9. The molecule has 0 aliphatic rings. The van der Waals surface area contributed by atoms with Gasteiger partial charge in [0.2, 0.25) is 5.91 Å². The third-order valence-corrected chi connectivity index (χ3v) is 3.84. The minimum atomic E-state index is -0.621. The van der Waals surface area contributed by atoms with Gasteiger partial charge in [-0.05, 0) is 35.9 Å². The summed E-state index contributed by atoms with van der Waals surface area (Å²) in [5.74, 6) is -0.451. The van der Waals surface area contributed by atoms with Gasteiger partial charge in [0, 0.05) is 17.8 Å². The quantitative estimate of drug-likeness (QED) is 0.456. The van der Waals surface area contributed by atoms with Crippen LogP contribution in [0.3, 0.4) is 0 Å². The Morgan fingerprint density at radius 2 is 1.74 bits per heavy atom. The fourth-order valence-corrected chi connectivity index (χ4v) is 2.20. The van der Waals surface area contributed by atoms with Crippen molar-refractivity contribution in [3.63, 3.8) is 0 Å². The minimum absolute atomic E-state index is 0.000604. The average molecular weight is 372 g/mol. The van der Waals surface area contributed by atoms with Crippen LogP contribution in [-0.2, 0) is 4.79 Å². The van der Waals surface area contributed by atoms with Crippen LogP contribution in [0.1, 0.15) is 5.56 Å². The molecule has 2 rings (SSSR count). The number of amides is 1. The number of nitrogens with zero attached hydrogens (tertiary/aromatic N) is 1. The number of nitrogens with one attached hydrogen (secondary N) is 1. The summed E-state index contributed by atoms with van der Waals surface area (Å²) in [6, 6.07) is 8.93. The molecule has 8 heteroatoms. The Hall–Kier alpha value is -2.08. The summed E-state index contributed by atoms with van der Waals surface area (Å²) in [7, 11) is 0. The van der Waals surface area contributed by atoms with Crippen LogP contribution in [0.5, 0.6) is 0 Å². The van der Waals surface area contributed by atoms with E-state index >= 15 is 0 Å². The van der Waals surface area contributed by atoms with Crippen LogP contribution in [0.4, 0.5) is 11.4 Å². The number of halogens is 3. The van der Waals surface area contributed by atoms with Gasteiger partial charge in [0.25, 0.3) is 5.69 Å². The Bertz CT molecular complexity index is 807. The maximum Gasteiger partial charge on any atom is 0.289 e. The molecule has 0 heterocycles. The summed E-state index contributed by atoms with van der Waals surface area (Å²) in [5.41, 5.74) is 0.680. The van der Waals surface area contributed by atoms with E-state index in [0.29, 0.717) is 15.6 Å². The number of rotatable bonds is 4. The van der Waals surface area contributed by atoms with E-state index in [0.717, 1.165) is 0 Å². The van der Waals surface area contributed by atoms with Crippen LogP contribution < -0.4 is 5.32 Å². The molecular formula is C15H9Cl3N2O3. The van der Waals surface area contributed by atoms with Crippen molar-refractivity contribution in [3.8, 4) is 0 Å². The lowest BCUT2D eigenvalue weighted by atomic mass is 10.2. The highest BCUT2D eigenvalue weighted by molar-refractivity contribution is 6.42. The molecular weight excluding hydrogens is 363 g/mol. The fourth-order valence-electron chi connectivity index (χ4n) is 1.70. The Morgan fingerprint density at radius 1 is 1.04 bits per heavy atom. The Balaban J connectivity index is 2.10. The second-order valence-corrected chi connectivity index (χ2v) is 5.64. The molecule has 118 valence electrons. The zero-order valence-electron chi connectivity index (χ0n) is 11.4. The van der Waals surface area contributed by atoms with E-state index in [1.807, 2.05) is 0 Å². The lowest BCUT2D eigenvalue weighted by molar-refractivity contribution is -0.384. The molecule has 0 radical (unpaired) electrons. The summed E-state index contributed by atoms with van der Waals surface area (Å²) in [6.45, 7) is 0. The normalized spacial score (nSPS) is 10.7. The van der Waals surface area contributed by atoms with Gasteiger partial charge in [0.05, 0.1) is 15.0 Å². The first kappa shape index (κ1) is 17.3. The van der Waals surface area contributed by atoms with Gasteiger partial charge in [-0.2, -0.15) is 0 Å². The molecule has 1 N–H and O–H groups in total. The summed E-state index contributed by atoms with van der Waals surface area (Å²) in [5, 5.41) is 14.1. The largest absolute Gasteiger partial charge is 0.322 e. The molecule has 2 aromatic rings. The van der Waals surface area contributed by atoms with Gasteiger partial charge in [-0.1, -0.05) is 40.9 Å². The lowest BCUT2D eigenvalue weighted by Gasteiger charge is -2.03. The zero-order valence-corrected chi connectivity index (χ0v) is 13.7. The van der Waals surface area contributed by atoms with E-state index in [9.17, 15) is 14.9 Å². The van der Waals surface area contributed by atoms with E-state index in [1.54, 1.807) is 24.3 Å². The molecule has 0 atom stereocenters. The van der Waals surface area contributed by atoms with Gasteiger partial charge in [-0.15, -0.1) is 0 Å². The van der Waals surface area contributed by atoms with Gasteiger partial charge in [0.1, 0.15) is 5.02 Å². The second kappa shape index (κ2) is 7.46. The average Bonchev–Trinajstić information content (AvgIpc) is 2.50. The molecule has 0 aliphatic carbocycles. The SMILES string of the molecule is O=C(/C=C/c1ccc(Cl)c(Cl)c1)Nc1ccc(Cl)c([N+](=O)[O-])c1. The number of carbonyl (C=O) groups excluding carboxylic acids is 1. The Kier molecular flexibility index (Phi) is 5.60. The van der Waals surface area contributed by atoms with Crippen molar-refractivity contribution in [3.05, 3.63) is 73.2 Å². The number of carbonyl (C=O) groups is 1. The number of hydrogen-bond acceptors (Lipinski definition) is 3. The minimum Gasteiger partial charge on any atom is -0.322 e. The molecule has 0 aliphatic heterocycles. The van der Waals surface area contributed by atoms with Crippen LogP contribution in [0, 0.1) is 10.1 Å². The van der Waals surface area contributed by atoms with Crippen molar-refractivity contribution >= 4 is 58.2 Å². The van der Waals surface area contributed by atoms with E-state index in [-0.39, 0.29) is 16.4 Å². The number of anilines is 1. The monoisotopic (exact) mass is 370 g/mol. The second-order valence-electron chi connectivity index (χ2n) is 4.42. The molecule has 2 aromatic carbocycles. The van der Waals surface area contributed by atoms with Crippen molar-refractivity contribution in [2.75, 3.05) is 5.32 Å². The molecule has 0 unspecified atom stereocenters. The molecule has 0 saturated heterocycles. The number of nitro groups is 1. The van der Waals surface area contributed by atoms with Crippen molar-refractivity contribution in [2.24, 2.45) is 0 Å². The predicted octanol–water partition coefficient (Wildman–Crippen LogP) is 5.21. The van der Waals surface area contributed by atoms with Crippen LogP contribution in [0.25, 0.3) is 6.08 Å². The highest BCUT2D eigenvalue weighted by Crippen LogP contribution is 2.27. The van der Waals surface area contributed by atoms with Gasteiger partial charge in [0.15, 0.2) is 0 Å². The van der Waals surface area contributed by atoms with Crippen LogP contribution >= 0.6 is 34.8 Å². The van der Waals surface area contributed by atoms with E-state index in [1.165, 1.54) is 24.3 Å². The van der Waals surface area contributed by atoms with E-state index in [2.05, 4.69) is 5.32 Å². The van der Waals surface area contributed by atoms with E-state index in [4.69, 9.17) is 34.8 Å². The molecule has 5 nitrogen and oxygen atoms in total. The first-order valence-corrected chi connectivity index (χ1v) is 7.38. The highest BCUT2D eigenvalue weighted by atomic mass is 35.5. The maximum absolute atomic E-state index is 11.8. The topological polar surface area (TPSA) is 72.2 Å². The van der Waals surface area contributed by atoms with Gasteiger partial charge in [-0.25, -0.2) is 0 Å². The molecule has 0 aromatic heterocycles. The van der Waals surface area contributed by atoms with Gasteiger partial charge >= 0.3 is 0 Å². The van der Waals surface area contributed by atoms with Crippen LogP contribution in [0.15, 0.2) is 42.5 Å². The standard InChI is InChI=1S/C15H9Cl3N2O3/c16-11-4-1-9(7-13(11)18)2-6-15(21)19-10-3-5-12(17)14(8-10)20(22)23/h1-8H,(H,19,21)/b6-2+. The van der Waals surface area contributed by atoms with Gasteiger partial charge < -0.3 is 5.32 Å². The van der Waals surface area contributed by atoms with Crippen molar-refractivity contribution in [1.82, 2.24) is 0 Å². The first-order valence-electron chi connectivity index (χ1n) is 6.25. The Labute approximate surface area is 146 Å². The predicted molar refractivity (Wildman–Crippen MR) is 92.2 cm³/mol. The Morgan fingerprint density at radius 3 is 2.39 bits per heavy atom. The number of nitro benzene ring substituents is 1. The molecule has 0 bridgehead atoms. The molecule has 0 spiro atoms. The van der Waals surface area contributed by atoms with Gasteiger partial charge in [-0.3, -0.25) is 14.9 Å². The fraction of sp³-hybridized carbons (Fsp3) is 0. The molecule has 1 amide bonds. The summed E-state index contributed by atoms with van der Waals surface area (Å²) >= 11 is 17.4. The molecule has 0 saturated carbocycles. The van der Waals surface area contributed by atoms with Crippen LogP contribution in [-0.4, -0.2) is 10.8 Å². The lowest BCUT2D eigenvalue weighted by Crippen LogP contribution is -2.08. The highest BCUT2D eigenvalue weighted by Gasteiger charge is 2.13. The van der Waals surface area contributed by atoms with Crippen LogP contribution in [0.2, 0.25) is 15.1 Å². The maximum atomic E-state index is 11.8. The zero-order chi connectivity index (χ0) is 17.0. The smallest absolute Gasteiger partial charge is 0.289 e. The van der Waals surface area contributed by atoms with Crippen molar-refractivity contribution in [2.45, 2.75) is 0 Å². The number of benzene rings is 2. The molecule has 23 heavy (non-hydrogen) atoms. The van der Waals surface area contributed by atoms with Crippen molar-refractivity contribution < 1.29 is 9.72 Å². The third-order valence-electron chi connectivity index (χ3n) is 2.78.